The van der Waals surface area contributed by atoms with Gasteiger partial charge in [-0.1, -0.05) is 22.7 Å². The van der Waals surface area contributed by atoms with Gasteiger partial charge in [-0.25, -0.2) is 9.78 Å². The Morgan fingerprint density at radius 1 is 1.20 bits per heavy atom. The first kappa shape index (κ1) is 19.5. The monoisotopic (exact) mass is 427 g/mol. The van der Waals surface area contributed by atoms with Crippen LogP contribution < -0.4 is 21.3 Å². The van der Waals surface area contributed by atoms with Crippen molar-refractivity contribution in [3.8, 4) is 5.75 Å². The SMILES string of the molecule is Cn1c(=O)c2[nH]c(CNC(=O)c3nnsc3COc3ccccc3)nc2n(C)c1=O. The van der Waals surface area contributed by atoms with Crippen LogP contribution in [0.4, 0.5) is 0 Å². The number of rotatable bonds is 6. The van der Waals surface area contributed by atoms with Gasteiger partial charge in [-0.05, 0) is 23.7 Å². The van der Waals surface area contributed by atoms with E-state index in [2.05, 4.69) is 24.9 Å². The highest BCUT2D eigenvalue weighted by molar-refractivity contribution is 7.05. The number of aryl methyl sites for hydroxylation is 1. The first-order valence-electron chi connectivity index (χ1n) is 8.87. The lowest BCUT2D eigenvalue weighted by Crippen LogP contribution is -2.36. The zero-order valence-corrected chi connectivity index (χ0v) is 16.9. The highest BCUT2D eigenvalue weighted by Gasteiger charge is 2.18. The number of fused-ring (bicyclic) bond motifs is 1. The van der Waals surface area contributed by atoms with Gasteiger partial charge in [0.05, 0.1) is 11.4 Å². The topological polar surface area (TPSA) is 137 Å². The second kappa shape index (κ2) is 7.91. The molecule has 0 atom stereocenters. The van der Waals surface area contributed by atoms with E-state index < -0.39 is 17.2 Å². The fraction of sp³-hybridized carbons (Fsp3) is 0.222. The van der Waals surface area contributed by atoms with Gasteiger partial charge in [-0.3, -0.25) is 18.7 Å². The first-order valence-corrected chi connectivity index (χ1v) is 9.65. The lowest BCUT2D eigenvalue weighted by molar-refractivity contribution is 0.0942. The lowest BCUT2D eigenvalue weighted by atomic mass is 10.3. The van der Waals surface area contributed by atoms with Gasteiger partial charge in [0.15, 0.2) is 11.3 Å². The molecule has 0 radical (unpaired) electrons. The van der Waals surface area contributed by atoms with E-state index in [-0.39, 0.29) is 30.0 Å². The summed E-state index contributed by atoms with van der Waals surface area (Å²) in [4.78, 5) is 44.5. The molecular weight excluding hydrogens is 410 g/mol. The van der Waals surface area contributed by atoms with Crippen LogP contribution in [0, 0.1) is 0 Å². The van der Waals surface area contributed by atoms with Crippen molar-refractivity contribution in [2.45, 2.75) is 13.2 Å². The number of ether oxygens (including phenoxy) is 1. The van der Waals surface area contributed by atoms with Gasteiger partial charge in [-0.2, -0.15) is 0 Å². The average Bonchev–Trinajstić information content (AvgIpc) is 3.41. The van der Waals surface area contributed by atoms with Crippen molar-refractivity contribution >= 4 is 28.6 Å². The number of aromatic nitrogens is 6. The molecule has 4 aromatic rings. The number of H-pyrrole nitrogens is 1. The van der Waals surface area contributed by atoms with Gasteiger partial charge in [0.1, 0.15) is 23.7 Å². The number of nitrogens with one attached hydrogen (secondary N) is 2. The maximum atomic E-state index is 12.5. The summed E-state index contributed by atoms with van der Waals surface area (Å²) in [6, 6.07) is 9.21. The summed E-state index contributed by atoms with van der Waals surface area (Å²) >= 11 is 1.08. The molecule has 0 fully saturated rings. The van der Waals surface area contributed by atoms with E-state index in [1.165, 1.54) is 18.7 Å². The van der Waals surface area contributed by atoms with E-state index in [9.17, 15) is 14.4 Å². The number of carbonyl (C=O) groups excluding carboxylic acids is 1. The normalized spacial score (nSPS) is 11.0. The number of hydrogen-bond donors (Lipinski definition) is 2. The van der Waals surface area contributed by atoms with E-state index >= 15 is 0 Å². The predicted octanol–water partition coefficient (Wildman–Crippen LogP) is 0.321. The molecule has 30 heavy (non-hydrogen) atoms. The Morgan fingerprint density at radius 2 is 1.97 bits per heavy atom. The van der Waals surface area contributed by atoms with Crippen LogP contribution >= 0.6 is 11.5 Å². The fourth-order valence-corrected chi connectivity index (χ4v) is 3.40. The Hall–Kier alpha value is -3.80. The third kappa shape index (κ3) is 3.59. The van der Waals surface area contributed by atoms with Gasteiger partial charge in [-0.15, -0.1) is 5.10 Å². The second-order valence-corrected chi connectivity index (χ2v) is 7.26. The number of amides is 1. The number of nitrogens with zero attached hydrogens (tertiary/aromatic N) is 5. The molecule has 2 N–H and O–H groups in total. The van der Waals surface area contributed by atoms with Crippen LogP contribution in [-0.2, 0) is 27.2 Å². The molecule has 154 valence electrons. The van der Waals surface area contributed by atoms with E-state index in [1.54, 1.807) is 0 Å². The zero-order valence-electron chi connectivity index (χ0n) is 16.1. The lowest BCUT2D eigenvalue weighted by Gasteiger charge is -2.05. The summed E-state index contributed by atoms with van der Waals surface area (Å²) in [5, 5.41) is 6.57. The van der Waals surface area contributed by atoms with Crippen molar-refractivity contribution in [3.05, 3.63) is 67.6 Å². The largest absolute Gasteiger partial charge is 0.488 e. The Morgan fingerprint density at radius 3 is 2.73 bits per heavy atom. The van der Waals surface area contributed by atoms with Crippen LogP contribution in [0.15, 0.2) is 39.9 Å². The summed E-state index contributed by atoms with van der Waals surface area (Å²) in [7, 11) is 2.91. The molecule has 0 saturated carbocycles. The average molecular weight is 427 g/mol. The van der Waals surface area contributed by atoms with Crippen molar-refractivity contribution in [2.24, 2.45) is 14.1 Å². The molecule has 12 heteroatoms. The van der Waals surface area contributed by atoms with Crippen molar-refractivity contribution in [1.29, 1.82) is 0 Å². The number of carbonyl (C=O) groups is 1. The van der Waals surface area contributed by atoms with Gasteiger partial charge in [0, 0.05) is 14.1 Å². The molecule has 0 saturated heterocycles. The molecule has 0 aliphatic heterocycles. The molecule has 3 heterocycles. The van der Waals surface area contributed by atoms with Crippen molar-refractivity contribution < 1.29 is 9.53 Å². The number of hydrogen-bond acceptors (Lipinski definition) is 8. The first-order chi connectivity index (χ1) is 14.5. The summed E-state index contributed by atoms with van der Waals surface area (Å²) in [6.07, 6.45) is 0. The van der Waals surface area contributed by atoms with Crippen LogP contribution in [0.5, 0.6) is 5.75 Å². The summed E-state index contributed by atoms with van der Waals surface area (Å²) in [5.74, 6) is 0.561. The molecule has 0 spiro atoms. The molecule has 0 aliphatic rings. The van der Waals surface area contributed by atoms with Crippen molar-refractivity contribution in [1.82, 2.24) is 34.0 Å². The third-order valence-corrected chi connectivity index (χ3v) is 5.14. The van der Waals surface area contributed by atoms with Crippen LogP contribution in [0.2, 0.25) is 0 Å². The molecule has 0 unspecified atom stereocenters. The summed E-state index contributed by atoms with van der Waals surface area (Å²) < 4.78 is 11.7. The highest BCUT2D eigenvalue weighted by atomic mass is 32.1. The van der Waals surface area contributed by atoms with Crippen molar-refractivity contribution in [2.75, 3.05) is 0 Å². The van der Waals surface area contributed by atoms with Gasteiger partial charge >= 0.3 is 5.69 Å². The smallest absolute Gasteiger partial charge is 0.332 e. The standard InChI is InChI=1S/C18H17N7O4S/c1-24-15-14(17(27)25(2)18(24)28)20-12(21-15)8-19-16(26)13-11(30-23-22-13)9-29-10-6-4-3-5-7-10/h3-7H,8-9H2,1-2H3,(H,19,26)(H,20,21). The molecule has 11 nitrogen and oxygen atoms in total. The summed E-state index contributed by atoms with van der Waals surface area (Å²) in [6.45, 7) is 0.175. The maximum Gasteiger partial charge on any atom is 0.332 e. The van der Waals surface area contributed by atoms with E-state index in [0.29, 0.717) is 16.5 Å². The Kier molecular flexibility index (Phi) is 5.14. The minimum atomic E-state index is -0.484. The molecule has 4 rings (SSSR count). The summed E-state index contributed by atoms with van der Waals surface area (Å²) in [5.41, 5.74) is -0.389. The molecular formula is C18H17N7O4S. The quantitative estimate of drug-likeness (QED) is 0.452. The molecule has 0 aliphatic carbocycles. The Bertz CT molecular complexity index is 1340. The fourth-order valence-electron chi connectivity index (χ4n) is 2.85. The number of para-hydroxylation sites is 1. The molecule has 1 aromatic carbocycles. The number of imidazole rings is 1. The van der Waals surface area contributed by atoms with E-state index in [4.69, 9.17) is 4.74 Å². The van der Waals surface area contributed by atoms with Crippen LogP contribution in [0.1, 0.15) is 21.2 Å². The minimum absolute atomic E-state index is 0.0152. The second-order valence-electron chi connectivity index (χ2n) is 6.42. The molecule has 0 bridgehead atoms. The van der Waals surface area contributed by atoms with Gasteiger partial charge < -0.3 is 15.0 Å². The van der Waals surface area contributed by atoms with Crippen LogP contribution in [0.3, 0.4) is 0 Å². The van der Waals surface area contributed by atoms with E-state index in [0.717, 1.165) is 16.1 Å². The van der Waals surface area contributed by atoms with Gasteiger partial charge in [0.25, 0.3) is 11.5 Å². The van der Waals surface area contributed by atoms with Gasteiger partial charge in [0.2, 0.25) is 0 Å². The molecule has 1 amide bonds. The Labute approximate surface area is 173 Å². The van der Waals surface area contributed by atoms with Crippen LogP contribution in [-0.4, -0.2) is 34.6 Å². The highest BCUT2D eigenvalue weighted by Crippen LogP contribution is 2.16. The molecule has 3 aromatic heterocycles. The minimum Gasteiger partial charge on any atom is -0.488 e. The van der Waals surface area contributed by atoms with E-state index in [1.807, 2.05) is 30.3 Å². The number of benzene rings is 1. The zero-order chi connectivity index (χ0) is 21.3. The van der Waals surface area contributed by atoms with Crippen LogP contribution in [0.25, 0.3) is 11.2 Å². The third-order valence-electron chi connectivity index (χ3n) is 4.44. The van der Waals surface area contributed by atoms with Crippen molar-refractivity contribution in [3.63, 3.8) is 0 Å². The maximum absolute atomic E-state index is 12.5. The number of aromatic amines is 1. The predicted molar refractivity (Wildman–Crippen MR) is 108 cm³/mol. The Balaban J connectivity index is 1.48.